The average molecular weight is 306 g/mol. The summed E-state index contributed by atoms with van der Waals surface area (Å²) in [5, 5.41) is 13.9. The molecule has 1 aromatic rings. The molecule has 0 unspecified atom stereocenters. The van der Waals surface area contributed by atoms with Crippen LogP contribution < -0.4 is 5.32 Å². The van der Waals surface area contributed by atoms with Crippen molar-refractivity contribution in [1.82, 2.24) is 10.2 Å². The molecule has 0 spiro atoms. The number of halogens is 1. The number of aryl methyl sites for hydroxylation is 1. The molecule has 0 radical (unpaired) electrons. The summed E-state index contributed by atoms with van der Waals surface area (Å²) in [6, 6.07) is 3.13. The lowest BCUT2D eigenvalue weighted by Crippen LogP contribution is -2.47. The van der Waals surface area contributed by atoms with Crippen molar-refractivity contribution in [3.8, 4) is 5.75 Å². The molecule has 2 N–H and O–H groups in total. The Bertz CT molecular complexity index is 490. The number of phenols is 1. The van der Waals surface area contributed by atoms with E-state index in [1.165, 1.54) is 38.2 Å². The van der Waals surface area contributed by atoms with Crippen LogP contribution in [0.25, 0.3) is 0 Å². The fourth-order valence-electron chi connectivity index (χ4n) is 4.15. The highest BCUT2D eigenvalue weighted by Gasteiger charge is 2.33. The molecule has 3 rings (SSSR count). The summed E-state index contributed by atoms with van der Waals surface area (Å²) in [6.45, 7) is 5.67. The molecule has 0 amide bonds. The maximum absolute atomic E-state index is 14.0. The van der Waals surface area contributed by atoms with Gasteiger partial charge in [0.15, 0.2) is 0 Å². The standard InChI is InChI=1S/C18H27FN2O/c1-13-11-15(19)12-16(18(13)22)17(14-5-3-2-4-6-14)21-9-7-20-8-10-21/h11-12,14,17,20,22H,2-10H2,1H3/t17-/m0/s1. The van der Waals surface area contributed by atoms with E-state index in [1.807, 2.05) is 0 Å². The number of piperazine rings is 1. The van der Waals surface area contributed by atoms with Crippen molar-refractivity contribution in [2.75, 3.05) is 26.2 Å². The van der Waals surface area contributed by atoms with Crippen LogP contribution in [0.4, 0.5) is 4.39 Å². The molecule has 22 heavy (non-hydrogen) atoms. The van der Waals surface area contributed by atoms with Gasteiger partial charge >= 0.3 is 0 Å². The number of phenolic OH excluding ortho intramolecular Hbond substituents is 1. The normalized spacial score (nSPS) is 22.6. The molecule has 0 bridgehead atoms. The highest BCUT2D eigenvalue weighted by molar-refractivity contribution is 5.42. The minimum absolute atomic E-state index is 0.150. The molecule has 1 saturated carbocycles. The van der Waals surface area contributed by atoms with Crippen LogP contribution in [0.5, 0.6) is 5.75 Å². The number of hydrogen-bond donors (Lipinski definition) is 2. The number of aromatic hydroxyl groups is 1. The van der Waals surface area contributed by atoms with Crippen molar-refractivity contribution < 1.29 is 9.50 Å². The second-order valence-corrected chi connectivity index (χ2v) is 6.79. The first-order valence-electron chi connectivity index (χ1n) is 8.60. The zero-order chi connectivity index (χ0) is 15.5. The van der Waals surface area contributed by atoms with Crippen molar-refractivity contribution in [3.05, 3.63) is 29.1 Å². The summed E-state index contributed by atoms with van der Waals surface area (Å²) in [6.07, 6.45) is 6.18. The predicted octanol–water partition coefficient (Wildman–Crippen LogP) is 3.37. The lowest BCUT2D eigenvalue weighted by Gasteiger charge is -2.41. The largest absolute Gasteiger partial charge is 0.507 e. The van der Waals surface area contributed by atoms with Gasteiger partial charge in [0.25, 0.3) is 0 Å². The molecule has 1 atom stereocenters. The molecular weight excluding hydrogens is 279 g/mol. The molecule has 122 valence electrons. The van der Waals surface area contributed by atoms with E-state index in [2.05, 4.69) is 10.2 Å². The Morgan fingerprint density at radius 3 is 2.55 bits per heavy atom. The molecule has 1 aliphatic carbocycles. The third-order valence-corrected chi connectivity index (χ3v) is 5.25. The number of hydrogen-bond acceptors (Lipinski definition) is 3. The molecule has 2 fully saturated rings. The number of nitrogens with one attached hydrogen (secondary N) is 1. The summed E-state index contributed by atoms with van der Waals surface area (Å²) < 4.78 is 14.0. The molecule has 0 aromatic heterocycles. The van der Waals surface area contributed by atoms with Crippen LogP contribution in [0, 0.1) is 18.7 Å². The van der Waals surface area contributed by atoms with Gasteiger partial charge in [-0.2, -0.15) is 0 Å². The Kier molecular flexibility index (Phi) is 4.99. The van der Waals surface area contributed by atoms with Gasteiger partial charge < -0.3 is 10.4 Å². The van der Waals surface area contributed by atoms with Gasteiger partial charge in [0, 0.05) is 37.8 Å². The molecule has 2 aliphatic rings. The molecule has 3 nitrogen and oxygen atoms in total. The Labute approximate surface area is 132 Å². The summed E-state index contributed by atoms with van der Waals surface area (Å²) >= 11 is 0. The van der Waals surface area contributed by atoms with Crippen molar-refractivity contribution in [2.24, 2.45) is 5.92 Å². The highest BCUT2D eigenvalue weighted by atomic mass is 19.1. The van der Waals surface area contributed by atoms with Gasteiger partial charge in [0.05, 0.1) is 0 Å². The predicted molar refractivity (Wildman–Crippen MR) is 86.6 cm³/mol. The quantitative estimate of drug-likeness (QED) is 0.899. The molecule has 1 saturated heterocycles. The van der Waals surface area contributed by atoms with Crippen LogP contribution in [-0.4, -0.2) is 36.2 Å². The van der Waals surface area contributed by atoms with E-state index in [0.29, 0.717) is 11.5 Å². The average Bonchev–Trinajstić information content (AvgIpc) is 2.54. The fourth-order valence-corrected chi connectivity index (χ4v) is 4.15. The maximum atomic E-state index is 14.0. The molecule has 1 heterocycles. The summed E-state index contributed by atoms with van der Waals surface area (Å²) in [4.78, 5) is 2.44. The zero-order valence-corrected chi connectivity index (χ0v) is 13.4. The second-order valence-electron chi connectivity index (χ2n) is 6.79. The SMILES string of the molecule is Cc1cc(F)cc([C@H](C2CCCCC2)N2CCNCC2)c1O. The Balaban J connectivity index is 1.96. The van der Waals surface area contributed by atoms with Gasteiger partial charge in [0.2, 0.25) is 0 Å². The molecule has 1 aromatic carbocycles. The van der Waals surface area contributed by atoms with Crippen LogP contribution in [-0.2, 0) is 0 Å². The Morgan fingerprint density at radius 1 is 1.18 bits per heavy atom. The van der Waals surface area contributed by atoms with Gasteiger partial charge in [-0.25, -0.2) is 4.39 Å². The number of benzene rings is 1. The molecule has 1 aliphatic heterocycles. The monoisotopic (exact) mass is 306 g/mol. The smallest absolute Gasteiger partial charge is 0.124 e. The van der Waals surface area contributed by atoms with Crippen molar-refractivity contribution in [2.45, 2.75) is 45.1 Å². The topological polar surface area (TPSA) is 35.5 Å². The van der Waals surface area contributed by atoms with Crippen molar-refractivity contribution >= 4 is 0 Å². The summed E-state index contributed by atoms with van der Waals surface area (Å²) in [5.41, 5.74) is 1.44. The van der Waals surface area contributed by atoms with Crippen LogP contribution >= 0.6 is 0 Å². The summed E-state index contributed by atoms with van der Waals surface area (Å²) in [7, 11) is 0. The first kappa shape index (κ1) is 15.8. The lowest BCUT2D eigenvalue weighted by molar-refractivity contribution is 0.101. The van der Waals surface area contributed by atoms with E-state index in [1.54, 1.807) is 13.0 Å². The third kappa shape index (κ3) is 3.28. The van der Waals surface area contributed by atoms with Gasteiger partial charge in [-0.3, -0.25) is 4.90 Å². The Morgan fingerprint density at radius 2 is 1.86 bits per heavy atom. The first-order chi connectivity index (χ1) is 10.7. The van der Waals surface area contributed by atoms with Gasteiger partial charge in [-0.05, 0) is 43.4 Å². The van der Waals surface area contributed by atoms with Crippen LogP contribution in [0.15, 0.2) is 12.1 Å². The molecule has 4 heteroatoms. The zero-order valence-electron chi connectivity index (χ0n) is 13.4. The van der Waals surface area contributed by atoms with Crippen molar-refractivity contribution in [3.63, 3.8) is 0 Å². The number of rotatable bonds is 3. The van der Waals surface area contributed by atoms with E-state index in [-0.39, 0.29) is 17.6 Å². The Hall–Kier alpha value is -1.13. The maximum Gasteiger partial charge on any atom is 0.124 e. The van der Waals surface area contributed by atoms with Crippen LogP contribution in [0.3, 0.4) is 0 Å². The van der Waals surface area contributed by atoms with Crippen LogP contribution in [0.1, 0.15) is 49.3 Å². The second kappa shape index (κ2) is 6.97. The number of nitrogens with zero attached hydrogens (tertiary/aromatic N) is 1. The first-order valence-corrected chi connectivity index (χ1v) is 8.60. The van der Waals surface area contributed by atoms with E-state index < -0.39 is 0 Å². The fraction of sp³-hybridized carbons (Fsp3) is 0.667. The van der Waals surface area contributed by atoms with E-state index in [4.69, 9.17) is 0 Å². The highest BCUT2D eigenvalue weighted by Crippen LogP contribution is 2.42. The van der Waals surface area contributed by atoms with E-state index >= 15 is 0 Å². The minimum atomic E-state index is -0.235. The summed E-state index contributed by atoms with van der Waals surface area (Å²) in [5.74, 6) is 0.579. The van der Waals surface area contributed by atoms with Gasteiger partial charge in [-0.15, -0.1) is 0 Å². The van der Waals surface area contributed by atoms with Crippen molar-refractivity contribution in [1.29, 1.82) is 0 Å². The van der Waals surface area contributed by atoms with Crippen LogP contribution in [0.2, 0.25) is 0 Å². The molecular formula is C18H27FN2O. The lowest BCUT2D eigenvalue weighted by atomic mass is 9.79. The van der Waals surface area contributed by atoms with Gasteiger partial charge in [-0.1, -0.05) is 19.3 Å². The minimum Gasteiger partial charge on any atom is -0.507 e. The van der Waals surface area contributed by atoms with E-state index in [0.717, 1.165) is 31.7 Å². The van der Waals surface area contributed by atoms with E-state index in [9.17, 15) is 9.50 Å². The van der Waals surface area contributed by atoms with Gasteiger partial charge in [0.1, 0.15) is 11.6 Å². The third-order valence-electron chi connectivity index (χ3n) is 5.25.